The Morgan fingerprint density at radius 3 is 2.35 bits per heavy atom. The number of nitrogens with zero attached hydrogens (tertiary/aromatic N) is 1. The van der Waals surface area contributed by atoms with Gasteiger partial charge < -0.3 is 15.2 Å². The van der Waals surface area contributed by atoms with Crippen LogP contribution in [0.2, 0.25) is 0 Å². The number of carbonyl (C=O) groups excluding carboxylic acids is 2. The smallest absolute Gasteiger partial charge is 0.325 e. The van der Waals surface area contributed by atoms with Gasteiger partial charge in [0, 0.05) is 0 Å². The highest BCUT2D eigenvalue weighted by Crippen LogP contribution is 2.34. The molecule has 0 radical (unpaired) electrons. The average Bonchev–Trinajstić information content (AvgIpc) is 2.93. The van der Waals surface area contributed by atoms with Gasteiger partial charge in [-0.15, -0.1) is 0 Å². The Morgan fingerprint density at radius 2 is 1.77 bits per heavy atom. The van der Waals surface area contributed by atoms with Gasteiger partial charge in [-0.2, -0.15) is 0 Å². The summed E-state index contributed by atoms with van der Waals surface area (Å²) in [5.41, 5.74) is 0.224. The number of nitrogens with one attached hydrogen (secondary N) is 1. The number of hydrogen-bond acceptors (Lipinski definition) is 4. The van der Waals surface area contributed by atoms with Crippen molar-refractivity contribution in [3.8, 4) is 5.75 Å². The van der Waals surface area contributed by atoms with Crippen LogP contribution >= 0.6 is 0 Å². The summed E-state index contributed by atoms with van der Waals surface area (Å²) in [5, 5.41) is 13.2. The zero-order chi connectivity index (χ0) is 18.7. The highest BCUT2D eigenvalue weighted by atomic mass is 16.5. The summed E-state index contributed by atoms with van der Waals surface area (Å²) in [6.45, 7) is 1.76. The Bertz CT molecular complexity index is 791. The van der Waals surface area contributed by atoms with E-state index in [1.165, 1.54) is 0 Å². The van der Waals surface area contributed by atoms with Gasteiger partial charge in [-0.25, -0.2) is 4.79 Å². The summed E-state index contributed by atoms with van der Waals surface area (Å²) in [7, 11) is 1.57. The third-order valence-electron chi connectivity index (χ3n) is 4.83. The van der Waals surface area contributed by atoms with Crippen molar-refractivity contribution in [1.82, 2.24) is 10.2 Å². The molecule has 1 aliphatic heterocycles. The molecule has 1 aliphatic rings. The number of benzene rings is 2. The summed E-state index contributed by atoms with van der Waals surface area (Å²) in [5.74, 6) is 0.318. The van der Waals surface area contributed by atoms with Crippen molar-refractivity contribution in [2.24, 2.45) is 0 Å². The lowest BCUT2D eigenvalue weighted by molar-refractivity contribution is -0.132. The van der Waals surface area contributed by atoms with Gasteiger partial charge in [-0.3, -0.25) is 9.69 Å². The molecular weight excluding hydrogens is 332 g/mol. The second kappa shape index (κ2) is 7.17. The molecule has 2 aromatic rings. The van der Waals surface area contributed by atoms with Gasteiger partial charge in [-0.1, -0.05) is 49.4 Å². The van der Waals surface area contributed by atoms with E-state index >= 15 is 0 Å². The molecule has 2 atom stereocenters. The molecule has 1 fully saturated rings. The molecule has 1 saturated heterocycles. The molecule has 3 amide bonds. The van der Waals surface area contributed by atoms with Crippen LogP contribution in [0.3, 0.4) is 0 Å². The second-order valence-corrected chi connectivity index (χ2v) is 6.26. The predicted octanol–water partition coefficient (Wildman–Crippen LogP) is 2.59. The molecule has 6 heteroatoms. The zero-order valence-electron chi connectivity index (χ0n) is 14.8. The Morgan fingerprint density at radius 1 is 1.12 bits per heavy atom. The van der Waals surface area contributed by atoms with Gasteiger partial charge >= 0.3 is 6.03 Å². The highest BCUT2D eigenvalue weighted by Gasteiger charge is 2.51. The van der Waals surface area contributed by atoms with Gasteiger partial charge in [0.05, 0.1) is 19.8 Å². The number of imide groups is 1. The summed E-state index contributed by atoms with van der Waals surface area (Å²) in [6.07, 6.45) is -0.531. The largest absolute Gasteiger partial charge is 0.497 e. The maximum Gasteiger partial charge on any atom is 0.325 e. The molecule has 1 heterocycles. The predicted molar refractivity (Wildman–Crippen MR) is 96.6 cm³/mol. The third-order valence-corrected chi connectivity index (χ3v) is 4.83. The van der Waals surface area contributed by atoms with Crippen LogP contribution in [0.4, 0.5) is 4.79 Å². The van der Waals surface area contributed by atoms with Gasteiger partial charge in [0.2, 0.25) is 0 Å². The Labute approximate surface area is 152 Å². The first kappa shape index (κ1) is 17.9. The first-order valence-electron chi connectivity index (χ1n) is 8.53. The molecule has 3 rings (SSSR count). The van der Waals surface area contributed by atoms with E-state index in [4.69, 9.17) is 4.74 Å². The lowest BCUT2D eigenvalue weighted by Crippen LogP contribution is -2.43. The van der Waals surface area contributed by atoms with E-state index in [0.29, 0.717) is 23.3 Å². The van der Waals surface area contributed by atoms with Crippen LogP contribution in [0.1, 0.15) is 30.6 Å². The Balaban J connectivity index is 1.86. The molecule has 26 heavy (non-hydrogen) atoms. The molecule has 2 N–H and O–H groups in total. The van der Waals surface area contributed by atoms with Crippen molar-refractivity contribution in [2.75, 3.05) is 13.7 Å². The minimum atomic E-state index is -1.13. The monoisotopic (exact) mass is 354 g/mol. The normalized spacial score (nSPS) is 20.8. The fraction of sp³-hybridized carbons (Fsp3) is 0.300. The SMILES string of the molecule is CC[C@]1(c2ccc(OC)cc2)NC(=O)N(C[C@@H](O)c2ccccc2)C1=O. The van der Waals surface area contributed by atoms with Crippen molar-refractivity contribution >= 4 is 11.9 Å². The minimum absolute atomic E-state index is 0.0907. The van der Waals surface area contributed by atoms with Gasteiger partial charge in [-0.05, 0) is 29.7 Å². The molecule has 6 nitrogen and oxygen atoms in total. The number of aliphatic hydroxyl groups is 1. The van der Waals surface area contributed by atoms with Crippen LogP contribution in [0.5, 0.6) is 5.75 Å². The number of β-amino-alcohol motifs (C(OH)–C–C–N with tert-alkyl or cyclic N) is 1. The first-order chi connectivity index (χ1) is 12.5. The number of aliphatic hydroxyl groups excluding tert-OH is 1. The van der Waals surface area contributed by atoms with E-state index in [9.17, 15) is 14.7 Å². The number of amides is 3. The van der Waals surface area contributed by atoms with E-state index in [-0.39, 0.29) is 12.5 Å². The van der Waals surface area contributed by atoms with E-state index in [2.05, 4.69) is 5.32 Å². The number of methoxy groups -OCH3 is 1. The topological polar surface area (TPSA) is 78.9 Å². The highest BCUT2D eigenvalue weighted by molar-refractivity contribution is 6.07. The number of urea groups is 1. The van der Waals surface area contributed by atoms with Gasteiger partial charge in [0.25, 0.3) is 5.91 Å². The van der Waals surface area contributed by atoms with Crippen LogP contribution < -0.4 is 10.1 Å². The molecule has 136 valence electrons. The maximum absolute atomic E-state index is 13.1. The average molecular weight is 354 g/mol. The maximum atomic E-state index is 13.1. The van der Waals surface area contributed by atoms with Crippen LogP contribution in [0.25, 0.3) is 0 Å². The molecule has 2 aromatic carbocycles. The third kappa shape index (κ3) is 3.04. The van der Waals surface area contributed by atoms with Crippen molar-refractivity contribution < 1.29 is 19.4 Å². The number of carbonyl (C=O) groups is 2. The lowest BCUT2D eigenvalue weighted by atomic mass is 9.87. The fourth-order valence-electron chi connectivity index (χ4n) is 3.26. The fourth-order valence-corrected chi connectivity index (χ4v) is 3.26. The molecule has 0 aliphatic carbocycles. The van der Waals surface area contributed by atoms with Gasteiger partial charge in [0.15, 0.2) is 0 Å². The lowest BCUT2D eigenvalue weighted by Gasteiger charge is -2.26. The Kier molecular flexibility index (Phi) is 4.95. The molecular formula is C20H22N2O4. The summed E-state index contributed by atoms with van der Waals surface area (Å²) >= 11 is 0. The quantitative estimate of drug-likeness (QED) is 0.782. The molecule has 0 bridgehead atoms. The molecule has 0 spiro atoms. The number of hydrogen-bond donors (Lipinski definition) is 2. The van der Waals surface area contributed by atoms with Crippen molar-refractivity contribution in [1.29, 1.82) is 0 Å². The molecule has 0 unspecified atom stereocenters. The van der Waals surface area contributed by atoms with Crippen LogP contribution in [-0.2, 0) is 10.3 Å². The molecule has 0 aromatic heterocycles. The number of rotatable bonds is 6. The van der Waals surface area contributed by atoms with Crippen LogP contribution in [-0.4, -0.2) is 35.6 Å². The summed E-state index contributed by atoms with van der Waals surface area (Å²) < 4.78 is 5.15. The zero-order valence-corrected chi connectivity index (χ0v) is 14.8. The summed E-state index contributed by atoms with van der Waals surface area (Å²) in [4.78, 5) is 26.7. The second-order valence-electron chi connectivity index (χ2n) is 6.26. The van der Waals surface area contributed by atoms with Crippen molar-refractivity contribution in [3.05, 3.63) is 65.7 Å². The standard InChI is InChI=1S/C20H22N2O4/c1-3-20(15-9-11-16(26-2)12-10-15)18(24)22(19(25)21-20)13-17(23)14-7-5-4-6-8-14/h4-12,17,23H,3,13H2,1-2H3,(H,21,25)/t17-,20-/m1/s1. The first-order valence-corrected chi connectivity index (χ1v) is 8.53. The van der Waals surface area contributed by atoms with Gasteiger partial charge in [0.1, 0.15) is 11.3 Å². The van der Waals surface area contributed by atoms with E-state index < -0.39 is 17.7 Å². The van der Waals surface area contributed by atoms with Crippen LogP contribution in [0, 0.1) is 0 Å². The van der Waals surface area contributed by atoms with Crippen molar-refractivity contribution in [2.45, 2.75) is 25.0 Å². The summed E-state index contributed by atoms with van der Waals surface area (Å²) in [6, 6.07) is 15.5. The Hall–Kier alpha value is -2.86. The van der Waals surface area contributed by atoms with E-state index in [0.717, 1.165) is 4.90 Å². The van der Waals surface area contributed by atoms with Crippen LogP contribution in [0.15, 0.2) is 54.6 Å². The van der Waals surface area contributed by atoms with Crippen molar-refractivity contribution in [3.63, 3.8) is 0 Å². The molecule has 0 saturated carbocycles. The number of ether oxygens (including phenoxy) is 1. The van der Waals surface area contributed by atoms with E-state index in [1.54, 1.807) is 55.6 Å². The van der Waals surface area contributed by atoms with E-state index in [1.807, 2.05) is 13.0 Å². The minimum Gasteiger partial charge on any atom is -0.497 e.